The van der Waals surface area contributed by atoms with Crippen molar-refractivity contribution in [2.45, 2.75) is 50.6 Å². The predicted octanol–water partition coefficient (Wildman–Crippen LogP) is 3.01. The van der Waals surface area contributed by atoms with E-state index in [2.05, 4.69) is 4.90 Å². The van der Waals surface area contributed by atoms with Crippen LogP contribution in [-0.4, -0.2) is 39.7 Å². The number of carboxylic acid groups (broad SMARTS) is 1. The molecule has 2 saturated carbocycles. The molecular weight excluding hydrogens is 264 g/mol. The van der Waals surface area contributed by atoms with Crippen molar-refractivity contribution in [2.75, 3.05) is 13.1 Å². The Hall–Kier alpha value is -1.29. The fourth-order valence-corrected chi connectivity index (χ4v) is 5.05. The largest absolute Gasteiger partial charge is 0.477 e. The van der Waals surface area contributed by atoms with Crippen LogP contribution in [0.1, 0.15) is 55.1 Å². The van der Waals surface area contributed by atoms with Crippen molar-refractivity contribution in [2.24, 2.45) is 11.8 Å². The van der Waals surface area contributed by atoms with Crippen LogP contribution in [-0.2, 0) is 0 Å². The van der Waals surface area contributed by atoms with Gasteiger partial charge in [0.1, 0.15) is 5.69 Å². The van der Waals surface area contributed by atoms with E-state index in [1.54, 1.807) is 6.07 Å². The lowest BCUT2D eigenvalue weighted by atomic mass is 9.91. The van der Waals surface area contributed by atoms with E-state index in [0.29, 0.717) is 11.7 Å². The summed E-state index contributed by atoms with van der Waals surface area (Å²) in [5.41, 5.74) is 0.438. The smallest absolute Gasteiger partial charge is 0.352 e. The van der Waals surface area contributed by atoms with Crippen molar-refractivity contribution >= 4 is 5.97 Å². The number of piperidine rings is 1. The maximum atomic E-state index is 11.3. The van der Waals surface area contributed by atoms with Crippen molar-refractivity contribution in [3.63, 3.8) is 0 Å². The van der Waals surface area contributed by atoms with Crippen molar-refractivity contribution < 1.29 is 9.90 Å². The maximum Gasteiger partial charge on any atom is 0.352 e. The molecule has 1 aromatic rings. The molecule has 0 aromatic carbocycles. The van der Waals surface area contributed by atoms with Crippen molar-refractivity contribution in [3.8, 4) is 0 Å². The number of hydrogen-bond acceptors (Lipinski definition) is 2. The van der Waals surface area contributed by atoms with Crippen LogP contribution in [0.2, 0.25) is 0 Å². The van der Waals surface area contributed by atoms with E-state index in [1.807, 2.05) is 16.8 Å². The quantitative estimate of drug-likeness (QED) is 0.930. The molecule has 2 bridgehead atoms. The summed E-state index contributed by atoms with van der Waals surface area (Å²) in [4.78, 5) is 14.0. The molecule has 3 atom stereocenters. The zero-order valence-corrected chi connectivity index (χ0v) is 12.4. The van der Waals surface area contributed by atoms with Gasteiger partial charge in [-0.25, -0.2) is 4.79 Å². The van der Waals surface area contributed by atoms with Crippen molar-refractivity contribution in [1.29, 1.82) is 0 Å². The van der Waals surface area contributed by atoms with Crippen LogP contribution in [0.15, 0.2) is 18.3 Å². The molecule has 2 aliphatic carbocycles. The molecule has 1 N–H and O–H groups in total. The zero-order valence-electron chi connectivity index (χ0n) is 12.4. The van der Waals surface area contributed by atoms with Gasteiger partial charge < -0.3 is 9.67 Å². The fourth-order valence-electron chi connectivity index (χ4n) is 5.05. The SMILES string of the molecule is O=C(O)c1cccn1C1CCN(C2CC3CCC2C3)CC1. The third-order valence-corrected chi connectivity index (χ3v) is 6.06. The first-order chi connectivity index (χ1) is 10.2. The van der Waals surface area contributed by atoms with Gasteiger partial charge >= 0.3 is 5.97 Å². The Labute approximate surface area is 125 Å². The number of nitrogens with zero attached hydrogens (tertiary/aromatic N) is 2. The van der Waals surface area contributed by atoms with Gasteiger partial charge in [0.25, 0.3) is 0 Å². The third-order valence-electron chi connectivity index (χ3n) is 6.06. The average Bonchev–Trinajstić information content (AvgIpc) is 3.23. The van der Waals surface area contributed by atoms with E-state index in [0.717, 1.165) is 43.8 Å². The molecule has 0 amide bonds. The predicted molar refractivity (Wildman–Crippen MR) is 80.5 cm³/mol. The molecule has 4 nitrogen and oxygen atoms in total. The highest BCUT2D eigenvalue weighted by Crippen LogP contribution is 2.47. The summed E-state index contributed by atoms with van der Waals surface area (Å²) >= 11 is 0. The Morgan fingerprint density at radius 1 is 1.14 bits per heavy atom. The van der Waals surface area contributed by atoms with Gasteiger partial charge in [-0.2, -0.15) is 0 Å². The second-order valence-electron chi connectivity index (χ2n) is 7.12. The first-order valence-electron chi connectivity index (χ1n) is 8.36. The van der Waals surface area contributed by atoms with Gasteiger partial charge in [0, 0.05) is 31.4 Å². The number of aromatic carboxylic acids is 1. The van der Waals surface area contributed by atoms with Gasteiger partial charge in [-0.15, -0.1) is 0 Å². The molecule has 21 heavy (non-hydrogen) atoms. The van der Waals surface area contributed by atoms with Crippen LogP contribution >= 0.6 is 0 Å². The highest BCUT2D eigenvalue weighted by Gasteiger charge is 2.42. The monoisotopic (exact) mass is 288 g/mol. The minimum Gasteiger partial charge on any atom is -0.477 e. The van der Waals surface area contributed by atoms with E-state index >= 15 is 0 Å². The van der Waals surface area contributed by atoms with Crippen molar-refractivity contribution in [1.82, 2.24) is 9.47 Å². The number of fused-ring (bicyclic) bond motifs is 2. The molecule has 2 heterocycles. The molecule has 0 spiro atoms. The van der Waals surface area contributed by atoms with Crippen LogP contribution < -0.4 is 0 Å². The summed E-state index contributed by atoms with van der Waals surface area (Å²) in [5, 5.41) is 9.25. The number of likely N-dealkylation sites (tertiary alicyclic amines) is 1. The summed E-state index contributed by atoms with van der Waals surface area (Å²) in [6.07, 6.45) is 9.89. The molecule has 1 aromatic heterocycles. The van der Waals surface area contributed by atoms with Gasteiger partial charge in [-0.3, -0.25) is 4.90 Å². The second kappa shape index (κ2) is 5.16. The number of aromatic nitrogens is 1. The Bertz CT molecular complexity index is 531. The molecule has 3 aliphatic rings. The summed E-state index contributed by atoms with van der Waals surface area (Å²) in [7, 11) is 0. The second-order valence-corrected chi connectivity index (χ2v) is 7.12. The number of rotatable bonds is 3. The summed E-state index contributed by atoms with van der Waals surface area (Å²) in [5.74, 6) is 1.14. The third kappa shape index (κ3) is 2.30. The Morgan fingerprint density at radius 2 is 1.95 bits per heavy atom. The molecule has 3 unspecified atom stereocenters. The summed E-state index contributed by atoms with van der Waals surface area (Å²) < 4.78 is 1.97. The van der Waals surface area contributed by atoms with Gasteiger partial charge in [-0.1, -0.05) is 6.42 Å². The van der Waals surface area contributed by atoms with E-state index < -0.39 is 5.97 Å². The van der Waals surface area contributed by atoms with E-state index in [-0.39, 0.29) is 0 Å². The number of carbonyl (C=O) groups is 1. The van der Waals surface area contributed by atoms with Gasteiger partial charge in [0.2, 0.25) is 0 Å². The minimum absolute atomic E-state index is 0.362. The lowest BCUT2D eigenvalue weighted by molar-refractivity contribution is 0.0669. The van der Waals surface area contributed by atoms with Crippen molar-refractivity contribution in [3.05, 3.63) is 24.0 Å². The van der Waals surface area contributed by atoms with Crippen LogP contribution in [0.5, 0.6) is 0 Å². The normalized spacial score (nSPS) is 33.6. The van der Waals surface area contributed by atoms with Gasteiger partial charge in [0.15, 0.2) is 0 Å². The summed E-state index contributed by atoms with van der Waals surface area (Å²) in [6, 6.07) is 4.75. The molecule has 4 heteroatoms. The number of carboxylic acids is 1. The standard InChI is InChI=1S/C17H24N2O2/c20-17(21)15-2-1-7-19(15)14-5-8-18(9-6-14)16-11-12-3-4-13(16)10-12/h1-2,7,12-14,16H,3-6,8-11H2,(H,20,21). The Morgan fingerprint density at radius 3 is 2.57 bits per heavy atom. The topological polar surface area (TPSA) is 45.5 Å². The van der Waals surface area contributed by atoms with E-state index in [9.17, 15) is 9.90 Å². The molecule has 1 saturated heterocycles. The van der Waals surface area contributed by atoms with E-state index in [1.165, 1.54) is 25.7 Å². The van der Waals surface area contributed by atoms with Crippen LogP contribution in [0.25, 0.3) is 0 Å². The highest BCUT2D eigenvalue weighted by molar-refractivity contribution is 5.85. The first-order valence-corrected chi connectivity index (χ1v) is 8.36. The first kappa shape index (κ1) is 13.4. The molecule has 1 aliphatic heterocycles. The molecular formula is C17H24N2O2. The lowest BCUT2D eigenvalue weighted by Gasteiger charge is -2.40. The average molecular weight is 288 g/mol. The lowest BCUT2D eigenvalue weighted by Crippen LogP contribution is -2.44. The van der Waals surface area contributed by atoms with E-state index in [4.69, 9.17) is 0 Å². The van der Waals surface area contributed by atoms with Gasteiger partial charge in [-0.05, 0) is 56.1 Å². The fraction of sp³-hybridized carbons (Fsp3) is 0.706. The molecule has 114 valence electrons. The minimum atomic E-state index is -0.810. The highest BCUT2D eigenvalue weighted by atomic mass is 16.4. The maximum absolute atomic E-state index is 11.3. The molecule has 4 rings (SSSR count). The Kier molecular flexibility index (Phi) is 3.29. The summed E-state index contributed by atoms with van der Waals surface area (Å²) in [6.45, 7) is 2.27. The van der Waals surface area contributed by atoms with Crippen LogP contribution in [0.3, 0.4) is 0 Å². The molecule has 0 radical (unpaired) electrons. The number of hydrogen-bond donors (Lipinski definition) is 1. The van der Waals surface area contributed by atoms with Crippen LogP contribution in [0.4, 0.5) is 0 Å². The van der Waals surface area contributed by atoms with Crippen LogP contribution in [0, 0.1) is 11.8 Å². The Balaban J connectivity index is 1.40. The zero-order chi connectivity index (χ0) is 14.4. The van der Waals surface area contributed by atoms with Gasteiger partial charge in [0.05, 0.1) is 0 Å². The molecule has 3 fully saturated rings.